The third-order valence-corrected chi connectivity index (χ3v) is 3.34. The Labute approximate surface area is 117 Å². The molecule has 0 unspecified atom stereocenters. The monoisotopic (exact) mass is 265 g/mol. The Balaban J connectivity index is 2.12. The van der Waals surface area contributed by atoms with E-state index in [9.17, 15) is 4.79 Å². The fourth-order valence-electron chi connectivity index (χ4n) is 2.41. The fourth-order valence-corrected chi connectivity index (χ4v) is 2.41. The van der Waals surface area contributed by atoms with Crippen LogP contribution in [0.25, 0.3) is 11.0 Å². The van der Waals surface area contributed by atoms with Gasteiger partial charge in [0.25, 0.3) is 0 Å². The van der Waals surface area contributed by atoms with E-state index in [1.54, 1.807) is 6.92 Å². The largest absolute Gasteiger partial charge is 0.300 e. The SMILES string of the molecule is CC(=O)C[C@@H](c1ccccc1)n1nnc2ccccc21. The van der Waals surface area contributed by atoms with Crippen molar-refractivity contribution < 1.29 is 4.79 Å². The second-order valence-electron chi connectivity index (χ2n) is 4.86. The normalized spacial score (nSPS) is 12.4. The number of carbonyl (C=O) groups is 1. The zero-order valence-electron chi connectivity index (χ0n) is 11.2. The van der Waals surface area contributed by atoms with Crippen molar-refractivity contribution in [2.24, 2.45) is 0 Å². The molecule has 0 bridgehead atoms. The quantitative estimate of drug-likeness (QED) is 0.728. The Bertz CT molecular complexity index is 734. The fraction of sp³-hybridized carbons (Fsp3) is 0.188. The summed E-state index contributed by atoms with van der Waals surface area (Å²) in [5.41, 5.74) is 2.86. The Hall–Kier alpha value is -2.49. The topological polar surface area (TPSA) is 47.8 Å². The van der Waals surface area contributed by atoms with E-state index in [1.165, 1.54) is 0 Å². The molecule has 0 fully saturated rings. The summed E-state index contributed by atoms with van der Waals surface area (Å²) in [7, 11) is 0. The number of Topliss-reactive ketones (excluding diaryl/α,β-unsaturated/α-hetero) is 1. The molecule has 0 aliphatic heterocycles. The van der Waals surface area contributed by atoms with Crippen LogP contribution in [0, 0.1) is 0 Å². The summed E-state index contributed by atoms with van der Waals surface area (Å²) in [5, 5.41) is 8.41. The maximum absolute atomic E-state index is 11.6. The number of benzene rings is 2. The number of ketones is 1. The lowest BCUT2D eigenvalue weighted by atomic mass is 10.0. The van der Waals surface area contributed by atoms with E-state index in [0.29, 0.717) is 6.42 Å². The van der Waals surface area contributed by atoms with Gasteiger partial charge in [0.15, 0.2) is 0 Å². The maximum atomic E-state index is 11.6. The molecule has 3 aromatic rings. The lowest BCUT2D eigenvalue weighted by Crippen LogP contribution is -2.15. The van der Waals surface area contributed by atoms with Crippen molar-refractivity contribution >= 4 is 16.8 Å². The number of carbonyl (C=O) groups excluding carboxylic acids is 1. The number of para-hydroxylation sites is 1. The lowest BCUT2D eigenvalue weighted by molar-refractivity contribution is -0.117. The molecule has 0 aliphatic rings. The van der Waals surface area contributed by atoms with Gasteiger partial charge in [-0.15, -0.1) is 5.10 Å². The van der Waals surface area contributed by atoms with Crippen molar-refractivity contribution in [2.75, 3.05) is 0 Å². The van der Waals surface area contributed by atoms with Crippen LogP contribution in [0.1, 0.15) is 24.9 Å². The molecule has 2 aromatic carbocycles. The molecule has 3 rings (SSSR count). The highest BCUT2D eigenvalue weighted by Gasteiger charge is 2.19. The van der Waals surface area contributed by atoms with Crippen LogP contribution >= 0.6 is 0 Å². The molecule has 0 saturated carbocycles. The molecule has 0 N–H and O–H groups in total. The van der Waals surface area contributed by atoms with Crippen LogP contribution in [0.3, 0.4) is 0 Å². The van der Waals surface area contributed by atoms with E-state index in [0.717, 1.165) is 16.6 Å². The molecule has 0 amide bonds. The van der Waals surface area contributed by atoms with Crippen LogP contribution in [0.5, 0.6) is 0 Å². The van der Waals surface area contributed by atoms with Crippen LogP contribution in [-0.4, -0.2) is 20.8 Å². The predicted octanol–water partition coefficient (Wildman–Crippen LogP) is 3.00. The van der Waals surface area contributed by atoms with Gasteiger partial charge in [-0.2, -0.15) is 0 Å². The molecule has 0 radical (unpaired) electrons. The summed E-state index contributed by atoms with van der Waals surface area (Å²) in [6.45, 7) is 1.61. The van der Waals surface area contributed by atoms with Gasteiger partial charge in [-0.3, -0.25) is 4.79 Å². The minimum absolute atomic E-state index is 0.110. The summed E-state index contributed by atoms with van der Waals surface area (Å²) >= 11 is 0. The molecular weight excluding hydrogens is 250 g/mol. The Kier molecular flexibility index (Phi) is 3.29. The third-order valence-electron chi connectivity index (χ3n) is 3.34. The van der Waals surface area contributed by atoms with Crippen LogP contribution in [0.15, 0.2) is 54.6 Å². The van der Waals surface area contributed by atoms with Crippen molar-refractivity contribution in [3.8, 4) is 0 Å². The first-order valence-electron chi connectivity index (χ1n) is 6.60. The first-order chi connectivity index (χ1) is 9.75. The molecule has 4 heteroatoms. The van der Waals surface area contributed by atoms with E-state index < -0.39 is 0 Å². The van der Waals surface area contributed by atoms with Crippen LogP contribution < -0.4 is 0 Å². The second kappa shape index (κ2) is 5.25. The van der Waals surface area contributed by atoms with Crippen molar-refractivity contribution in [3.63, 3.8) is 0 Å². The highest BCUT2D eigenvalue weighted by Crippen LogP contribution is 2.25. The van der Waals surface area contributed by atoms with Gasteiger partial charge >= 0.3 is 0 Å². The lowest BCUT2D eigenvalue weighted by Gasteiger charge is -2.17. The average molecular weight is 265 g/mol. The zero-order chi connectivity index (χ0) is 13.9. The average Bonchev–Trinajstić information content (AvgIpc) is 2.89. The minimum Gasteiger partial charge on any atom is -0.300 e. The number of hydrogen-bond donors (Lipinski definition) is 0. The molecule has 1 aromatic heterocycles. The molecule has 20 heavy (non-hydrogen) atoms. The summed E-state index contributed by atoms with van der Waals surface area (Å²) < 4.78 is 1.84. The standard InChI is InChI=1S/C16H15N3O/c1-12(20)11-16(13-7-3-2-4-8-13)19-15-10-6-5-9-14(15)17-18-19/h2-10,16H,11H2,1H3/t16-/m0/s1. The van der Waals surface area contributed by atoms with Gasteiger partial charge in [0.2, 0.25) is 0 Å². The second-order valence-corrected chi connectivity index (χ2v) is 4.86. The Morgan fingerprint density at radius 3 is 2.55 bits per heavy atom. The first-order valence-corrected chi connectivity index (χ1v) is 6.60. The molecule has 0 saturated heterocycles. The Morgan fingerprint density at radius 1 is 1.10 bits per heavy atom. The predicted molar refractivity (Wildman–Crippen MR) is 77.4 cm³/mol. The highest BCUT2D eigenvalue weighted by molar-refractivity contribution is 5.78. The third kappa shape index (κ3) is 2.32. The summed E-state index contributed by atoms with van der Waals surface area (Å²) in [6, 6.07) is 17.6. The van der Waals surface area contributed by atoms with Crippen LogP contribution in [0.2, 0.25) is 0 Å². The smallest absolute Gasteiger partial charge is 0.132 e. The number of rotatable bonds is 4. The van der Waals surface area contributed by atoms with E-state index in [1.807, 2.05) is 59.3 Å². The van der Waals surface area contributed by atoms with E-state index in [-0.39, 0.29) is 11.8 Å². The van der Waals surface area contributed by atoms with E-state index in [2.05, 4.69) is 10.3 Å². The molecular formula is C16H15N3O. The number of aromatic nitrogens is 3. The summed E-state index contributed by atoms with van der Waals surface area (Å²) in [4.78, 5) is 11.6. The number of hydrogen-bond acceptors (Lipinski definition) is 3. The Morgan fingerprint density at radius 2 is 1.80 bits per heavy atom. The van der Waals surface area contributed by atoms with E-state index >= 15 is 0 Å². The van der Waals surface area contributed by atoms with Crippen molar-refractivity contribution in [3.05, 3.63) is 60.2 Å². The van der Waals surface area contributed by atoms with Crippen molar-refractivity contribution in [1.29, 1.82) is 0 Å². The summed E-state index contributed by atoms with van der Waals surface area (Å²) in [5.74, 6) is 0.137. The van der Waals surface area contributed by atoms with Crippen molar-refractivity contribution in [1.82, 2.24) is 15.0 Å². The van der Waals surface area contributed by atoms with Gasteiger partial charge in [0.05, 0.1) is 11.6 Å². The van der Waals surface area contributed by atoms with Gasteiger partial charge < -0.3 is 0 Å². The molecule has 4 nitrogen and oxygen atoms in total. The number of fused-ring (bicyclic) bond motifs is 1. The minimum atomic E-state index is -0.110. The van der Waals surface area contributed by atoms with Gasteiger partial charge in [-0.05, 0) is 24.6 Å². The van der Waals surface area contributed by atoms with Gasteiger partial charge in [0.1, 0.15) is 11.3 Å². The van der Waals surface area contributed by atoms with Gasteiger partial charge in [-0.1, -0.05) is 47.7 Å². The van der Waals surface area contributed by atoms with Crippen LogP contribution in [-0.2, 0) is 4.79 Å². The molecule has 100 valence electrons. The van der Waals surface area contributed by atoms with E-state index in [4.69, 9.17) is 0 Å². The molecule has 0 spiro atoms. The van der Waals surface area contributed by atoms with Gasteiger partial charge in [-0.25, -0.2) is 4.68 Å². The van der Waals surface area contributed by atoms with Crippen molar-refractivity contribution in [2.45, 2.75) is 19.4 Å². The zero-order valence-corrected chi connectivity index (χ0v) is 11.2. The van der Waals surface area contributed by atoms with Gasteiger partial charge in [0, 0.05) is 6.42 Å². The molecule has 0 aliphatic carbocycles. The first kappa shape index (κ1) is 12.5. The molecule has 1 atom stereocenters. The molecule has 1 heterocycles. The van der Waals surface area contributed by atoms with Crippen LogP contribution in [0.4, 0.5) is 0 Å². The highest BCUT2D eigenvalue weighted by atomic mass is 16.1. The maximum Gasteiger partial charge on any atom is 0.132 e. The number of nitrogens with zero attached hydrogens (tertiary/aromatic N) is 3. The summed E-state index contributed by atoms with van der Waals surface area (Å²) in [6.07, 6.45) is 0.414.